The van der Waals surface area contributed by atoms with Gasteiger partial charge in [0, 0.05) is 17.9 Å². The van der Waals surface area contributed by atoms with Gasteiger partial charge < -0.3 is 4.57 Å². The van der Waals surface area contributed by atoms with Crippen LogP contribution in [0.2, 0.25) is 0 Å². The summed E-state index contributed by atoms with van der Waals surface area (Å²) in [7, 11) is 0. The van der Waals surface area contributed by atoms with Crippen LogP contribution in [-0.2, 0) is 11.2 Å². The number of carbonyl (C=O) groups excluding carboxylic acids is 1. The molecule has 3 nitrogen and oxygen atoms in total. The van der Waals surface area contributed by atoms with Crippen LogP contribution in [0.4, 0.5) is 0 Å². The van der Waals surface area contributed by atoms with Crippen molar-refractivity contribution in [2.75, 3.05) is 6.54 Å². The maximum atomic E-state index is 12.6. The maximum absolute atomic E-state index is 12.6. The van der Waals surface area contributed by atoms with Gasteiger partial charge in [-0.2, -0.15) is 0 Å². The molecule has 3 rings (SSSR count). The van der Waals surface area contributed by atoms with Crippen molar-refractivity contribution in [2.24, 2.45) is 0 Å². The zero-order valence-electron chi connectivity index (χ0n) is 16.2. The minimum Gasteiger partial charge on any atom is -0.317 e. The highest BCUT2D eigenvalue weighted by atomic mass is 32.2. The van der Waals surface area contributed by atoms with Gasteiger partial charge in [0.15, 0.2) is 0 Å². The van der Waals surface area contributed by atoms with Gasteiger partial charge in [0.05, 0.1) is 10.6 Å². The number of benzene rings is 1. The molecule has 1 fully saturated rings. The molecule has 0 spiro atoms. The number of hydrogen-bond donors (Lipinski definition) is 0. The zero-order valence-corrected chi connectivity index (χ0v) is 17.8. The van der Waals surface area contributed by atoms with Crippen molar-refractivity contribution in [3.05, 3.63) is 69.9 Å². The fourth-order valence-corrected chi connectivity index (χ4v) is 4.80. The van der Waals surface area contributed by atoms with Gasteiger partial charge in [-0.05, 0) is 56.0 Å². The summed E-state index contributed by atoms with van der Waals surface area (Å²) in [5.41, 5.74) is 7.15. The van der Waals surface area contributed by atoms with Gasteiger partial charge in [-0.3, -0.25) is 9.69 Å². The third kappa shape index (κ3) is 3.54. The SMILES string of the molecule is C=CCN1C(=O)/C(=C/c2cc(C)n(-c3c(C)cccc3CC)c2C)SC1=S. The average molecular weight is 397 g/mol. The van der Waals surface area contributed by atoms with Crippen molar-refractivity contribution in [1.29, 1.82) is 0 Å². The summed E-state index contributed by atoms with van der Waals surface area (Å²) in [6.45, 7) is 12.7. The molecule has 0 radical (unpaired) electrons. The first-order valence-electron chi connectivity index (χ1n) is 9.03. The molecule has 5 heteroatoms. The van der Waals surface area contributed by atoms with Gasteiger partial charge in [0.2, 0.25) is 0 Å². The monoisotopic (exact) mass is 396 g/mol. The fourth-order valence-electron chi connectivity index (χ4n) is 3.53. The first-order valence-corrected chi connectivity index (χ1v) is 10.3. The molecule has 0 atom stereocenters. The van der Waals surface area contributed by atoms with Crippen molar-refractivity contribution in [3.8, 4) is 5.69 Å². The van der Waals surface area contributed by atoms with E-state index in [0.717, 1.165) is 23.4 Å². The normalized spacial score (nSPS) is 15.9. The predicted molar refractivity (Wildman–Crippen MR) is 119 cm³/mol. The highest BCUT2D eigenvalue weighted by Crippen LogP contribution is 2.34. The molecule has 0 saturated carbocycles. The number of nitrogens with zero attached hydrogens (tertiary/aromatic N) is 2. The Morgan fingerprint density at radius 1 is 1.26 bits per heavy atom. The minimum absolute atomic E-state index is 0.0418. The van der Waals surface area contributed by atoms with Gasteiger partial charge in [-0.1, -0.05) is 55.2 Å². The molecular weight excluding hydrogens is 372 g/mol. The Balaban J connectivity index is 2.07. The summed E-state index contributed by atoms with van der Waals surface area (Å²) in [6, 6.07) is 8.58. The standard InChI is InChI=1S/C22H24N2OS2/c1-6-11-23-21(25)19(27-22(23)26)13-18-12-15(4)24(16(18)5)20-14(3)9-8-10-17(20)7-2/h6,8-10,12-13H,1,7,11H2,2-5H3/b19-13-. The van der Waals surface area contributed by atoms with Crippen molar-refractivity contribution in [3.63, 3.8) is 0 Å². The Morgan fingerprint density at radius 3 is 2.67 bits per heavy atom. The summed E-state index contributed by atoms with van der Waals surface area (Å²) in [5.74, 6) is -0.0418. The molecule has 27 heavy (non-hydrogen) atoms. The number of para-hydroxylation sites is 1. The number of aromatic nitrogens is 1. The van der Waals surface area contributed by atoms with E-state index < -0.39 is 0 Å². The van der Waals surface area contributed by atoms with Crippen LogP contribution in [0, 0.1) is 20.8 Å². The second-order valence-corrected chi connectivity index (χ2v) is 8.35. The van der Waals surface area contributed by atoms with Crippen LogP contribution in [0.15, 0.2) is 41.8 Å². The Hall–Kier alpha value is -2.11. The van der Waals surface area contributed by atoms with Gasteiger partial charge in [-0.15, -0.1) is 6.58 Å². The van der Waals surface area contributed by atoms with Crippen LogP contribution in [0.1, 0.15) is 35.0 Å². The van der Waals surface area contributed by atoms with Gasteiger partial charge in [0.1, 0.15) is 4.32 Å². The lowest BCUT2D eigenvalue weighted by molar-refractivity contribution is -0.121. The van der Waals surface area contributed by atoms with Crippen LogP contribution in [0.25, 0.3) is 11.8 Å². The molecule has 1 aromatic carbocycles. The van der Waals surface area contributed by atoms with Crippen molar-refractivity contribution in [2.45, 2.75) is 34.1 Å². The number of hydrogen-bond acceptors (Lipinski definition) is 3. The summed E-state index contributed by atoms with van der Waals surface area (Å²) in [5, 5.41) is 0. The lowest BCUT2D eigenvalue weighted by Gasteiger charge is -2.17. The minimum atomic E-state index is -0.0418. The molecule has 1 aliphatic rings. The summed E-state index contributed by atoms with van der Waals surface area (Å²) in [4.78, 5) is 14.9. The largest absolute Gasteiger partial charge is 0.317 e. The van der Waals surface area contributed by atoms with Crippen molar-refractivity contribution >= 4 is 40.3 Å². The first kappa shape index (κ1) is 19.6. The Bertz CT molecular complexity index is 969. The number of rotatable bonds is 5. The summed E-state index contributed by atoms with van der Waals surface area (Å²) < 4.78 is 2.89. The topological polar surface area (TPSA) is 25.2 Å². The highest BCUT2D eigenvalue weighted by Gasteiger charge is 2.31. The molecule has 1 aromatic heterocycles. The molecule has 2 heterocycles. The van der Waals surface area contributed by atoms with Crippen molar-refractivity contribution < 1.29 is 4.79 Å². The van der Waals surface area contributed by atoms with Crippen LogP contribution in [0.5, 0.6) is 0 Å². The Kier molecular flexibility index (Phi) is 5.72. The molecule has 140 valence electrons. The van der Waals surface area contributed by atoms with Crippen LogP contribution < -0.4 is 0 Å². The Morgan fingerprint density at radius 2 is 2.00 bits per heavy atom. The zero-order chi connectivity index (χ0) is 19.7. The molecule has 1 amide bonds. The molecule has 1 saturated heterocycles. The van der Waals surface area contributed by atoms with E-state index in [0.29, 0.717) is 15.8 Å². The van der Waals surface area contributed by atoms with E-state index in [9.17, 15) is 4.79 Å². The maximum Gasteiger partial charge on any atom is 0.266 e. The first-order chi connectivity index (χ1) is 12.9. The molecule has 0 bridgehead atoms. The summed E-state index contributed by atoms with van der Waals surface area (Å²) in [6.07, 6.45) is 4.64. The quantitative estimate of drug-likeness (QED) is 0.387. The number of thiocarbonyl (C=S) groups is 1. The highest BCUT2D eigenvalue weighted by molar-refractivity contribution is 8.26. The molecule has 2 aromatic rings. The predicted octanol–water partition coefficient (Wildman–Crippen LogP) is 5.35. The number of thioether (sulfide) groups is 1. The number of aryl methyl sites for hydroxylation is 3. The van der Waals surface area contributed by atoms with E-state index in [4.69, 9.17) is 12.2 Å². The lowest BCUT2D eigenvalue weighted by atomic mass is 10.1. The third-order valence-electron chi connectivity index (χ3n) is 4.87. The van der Waals surface area contributed by atoms with E-state index in [1.54, 1.807) is 11.0 Å². The van der Waals surface area contributed by atoms with Crippen LogP contribution in [0.3, 0.4) is 0 Å². The second kappa shape index (κ2) is 7.87. The summed E-state index contributed by atoms with van der Waals surface area (Å²) >= 11 is 6.70. The van der Waals surface area contributed by atoms with E-state index in [1.165, 1.54) is 28.6 Å². The van der Waals surface area contributed by atoms with Crippen LogP contribution in [-0.4, -0.2) is 26.2 Å². The van der Waals surface area contributed by atoms with E-state index in [2.05, 4.69) is 63.1 Å². The average Bonchev–Trinajstić information content (AvgIpc) is 3.05. The van der Waals surface area contributed by atoms with E-state index in [-0.39, 0.29) is 5.91 Å². The molecule has 0 unspecified atom stereocenters. The van der Waals surface area contributed by atoms with E-state index in [1.807, 2.05) is 6.08 Å². The fraction of sp³-hybridized carbons (Fsp3) is 0.273. The van der Waals surface area contributed by atoms with E-state index >= 15 is 0 Å². The second-order valence-electron chi connectivity index (χ2n) is 6.68. The lowest BCUT2D eigenvalue weighted by Crippen LogP contribution is -2.27. The van der Waals surface area contributed by atoms with Crippen LogP contribution >= 0.6 is 24.0 Å². The van der Waals surface area contributed by atoms with Gasteiger partial charge in [0.25, 0.3) is 5.91 Å². The molecule has 0 N–H and O–H groups in total. The van der Waals surface area contributed by atoms with Gasteiger partial charge in [-0.25, -0.2) is 0 Å². The third-order valence-corrected chi connectivity index (χ3v) is 6.25. The molecule has 0 aliphatic carbocycles. The number of carbonyl (C=O) groups is 1. The molecular formula is C22H24N2OS2. The number of amides is 1. The molecule has 1 aliphatic heterocycles. The van der Waals surface area contributed by atoms with Gasteiger partial charge >= 0.3 is 0 Å². The smallest absolute Gasteiger partial charge is 0.266 e. The van der Waals surface area contributed by atoms with Crippen molar-refractivity contribution in [1.82, 2.24) is 9.47 Å². The Labute approximate surface area is 170 Å².